The van der Waals surface area contributed by atoms with Crippen LogP contribution in [0.1, 0.15) is 20.7 Å². The van der Waals surface area contributed by atoms with Crippen LogP contribution in [0.15, 0.2) is 48.5 Å². The maximum Gasteiger partial charge on any atom is 0.338 e. The molecule has 0 fully saturated rings. The molecule has 0 bridgehead atoms. The summed E-state index contributed by atoms with van der Waals surface area (Å²) < 4.78 is 9.84. The summed E-state index contributed by atoms with van der Waals surface area (Å²) in [5.41, 5.74) is 0.0529. The van der Waals surface area contributed by atoms with Crippen LogP contribution in [0.3, 0.4) is 0 Å². The van der Waals surface area contributed by atoms with Gasteiger partial charge in [-0.05, 0) is 24.3 Å². The van der Waals surface area contributed by atoms with Gasteiger partial charge in [0, 0.05) is 24.3 Å². The van der Waals surface area contributed by atoms with E-state index in [4.69, 9.17) is 9.47 Å². The van der Waals surface area contributed by atoms with E-state index in [1.54, 1.807) is 0 Å². The molecule has 28 heavy (non-hydrogen) atoms. The maximum absolute atomic E-state index is 11.9. The summed E-state index contributed by atoms with van der Waals surface area (Å²) in [6, 6.07) is 9.95. The third-order valence-electron chi connectivity index (χ3n) is 3.42. The Balaban J connectivity index is 1.79. The molecule has 2 aromatic carbocycles. The van der Waals surface area contributed by atoms with Crippen molar-refractivity contribution in [2.24, 2.45) is 0 Å². The number of hydrogen-bond acceptors (Lipinski definition) is 8. The van der Waals surface area contributed by atoms with Crippen LogP contribution < -0.4 is 0 Å². The Hall–Kier alpha value is -3.09. The van der Waals surface area contributed by atoms with Crippen LogP contribution in [0.4, 0.5) is 11.4 Å². The Morgan fingerprint density at radius 1 is 0.786 bits per heavy atom. The Morgan fingerprint density at radius 3 is 1.39 bits per heavy atom. The molecule has 0 aliphatic carbocycles. The minimum atomic E-state index is -0.654. The van der Waals surface area contributed by atoms with Crippen LogP contribution in [-0.4, -0.2) is 38.9 Å². The van der Waals surface area contributed by atoms with E-state index >= 15 is 0 Å². The van der Waals surface area contributed by atoms with Crippen molar-refractivity contribution in [2.75, 3.05) is 13.2 Å². The molecule has 0 heterocycles. The average molecular weight is 500 g/mol. The average Bonchev–Trinajstić information content (AvgIpc) is 2.70. The van der Waals surface area contributed by atoms with Crippen molar-refractivity contribution < 1.29 is 28.9 Å². The van der Waals surface area contributed by atoms with E-state index < -0.39 is 21.8 Å². The molecule has 0 radical (unpaired) electrons. The maximum atomic E-state index is 11.9. The summed E-state index contributed by atoms with van der Waals surface area (Å²) in [7, 11) is 0. The Labute approximate surface area is 171 Å². The van der Waals surface area contributed by atoms with E-state index in [-0.39, 0.29) is 39.6 Å². The fourth-order valence-corrected chi connectivity index (χ4v) is 2.35. The number of rotatable bonds is 8. The van der Waals surface area contributed by atoms with Crippen molar-refractivity contribution >= 4 is 45.9 Å². The van der Waals surface area contributed by atoms with Crippen LogP contribution >= 0.6 is 22.6 Å². The molecule has 146 valence electrons. The number of nitro groups is 2. The van der Waals surface area contributed by atoms with Crippen LogP contribution in [0.5, 0.6) is 0 Å². The van der Waals surface area contributed by atoms with E-state index in [1.807, 2.05) is 22.6 Å². The lowest BCUT2D eigenvalue weighted by Gasteiger charge is -2.11. The minimum Gasteiger partial charge on any atom is -0.461 e. The lowest BCUT2D eigenvalue weighted by molar-refractivity contribution is -0.385. The first-order valence-corrected chi connectivity index (χ1v) is 8.99. The van der Waals surface area contributed by atoms with E-state index in [9.17, 15) is 29.8 Å². The van der Waals surface area contributed by atoms with Gasteiger partial charge in [-0.2, -0.15) is 0 Å². The zero-order chi connectivity index (χ0) is 20.7. The zero-order valence-corrected chi connectivity index (χ0v) is 16.3. The predicted octanol–water partition coefficient (Wildman–Crippen LogP) is 3.32. The smallest absolute Gasteiger partial charge is 0.338 e. The van der Waals surface area contributed by atoms with Gasteiger partial charge < -0.3 is 9.47 Å². The second kappa shape index (κ2) is 9.73. The molecule has 2 rings (SSSR count). The number of alkyl halides is 1. The van der Waals surface area contributed by atoms with E-state index in [1.165, 1.54) is 48.5 Å². The van der Waals surface area contributed by atoms with Gasteiger partial charge in [0.2, 0.25) is 0 Å². The van der Waals surface area contributed by atoms with Crippen molar-refractivity contribution in [1.29, 1.82) is 0 Å². The number of carbonyl (C=O) groups excluding carboxylic acids is 2. The van der Waals surface area contributed by atoms with Crippen LogP contribution in [-0.2, 0) is 9.47 Å². The monoisotopic (exact) mass is 500 g/mol. The highest BCUT2D eigenvalue weighted by Crippen LogP contribution is 2.15. The largest absolute Gasteiger partial charge is 0.461 e. The molecule has 0 saturated carbocycles. The van der Waals surface area contributed by atoms with E-state index in [0.29, 0.717) is 0 Å². The molecule has 0 saturated heterocycles. The molecule has 0 spiro atoms. The van der Waals surface area contributed by atoms with Crippen molar-refractivity contribution in [3.05, 3.63) is 79.9 Å². The molecule has 11 heteroatoms. The molecular weight excluding hydrogens is 487 g/mol. The van der Waals surface area contributed by atoms with Crippen LogP contribution in [0, 0.1) is 20.2 Å². The number of non-ortho nitro benzene ring substituents is 2. The first-order valence-electron chi connectivity index (χ1n) is 7.75. The van der Waals surface area contributed by atoms with Gasteiger partial charge in [0.05, 0.1) is 24.9 Å². The zero-order valence-electron chi connectivity index (χ0n) is 14.1. The molecule has 2 aromatic rings. The van der Waals surface area contributed by atoms with E-state index in [2.05, 4.69) is 0 Å². The molecule has 10 nitrogen and oxygen atoms in total. The number of nitro benzene ring substituents is 2. The van der Waals surface area contributed by atoms with Crippen LogP contribution in [0.25, 0.3) is 0 Å². The quantitative estimate of drug-likeness (QED) is 0.177. The van der Waals surface area contributed by atoms with Crippen LogP contribution in [0.2, 0.25) is 0 Å². The van der Waals surface area contributed by atoms with Crippen molar-refractivity contribution in [3.8, 4) is 0 Å². The summed E-state index contributed by atoms with van der Waals surface area (Å²) in [5, 5.41) is 21.2. The number of ether oxygens (including phenoxy) is 2. The van der Waals surface area contributed by atoms with Gasteiger partial charge in [-0.1, -0.05) is 22.6 Å². The normalized spacial score (nSPS) is 10.4. The third kappa shape index (κ3) is 5.97. The molecule has 0 aliphatic heterocycles. The molecule has 0 amide bonds. The minimum absolute atomic E-state index is 0.0378. The third-order valence-corrected chi connectivity index (χ3v) is 4.14. The number of benzene rings is 2. The molecule has 0 aliphatic rings. The lowest BCUT2D eigenvalue weighted by atomic mass is 10.2. The highest BCUT2D eigenvalue weighted by Gasteiger charge is 2.16. The molecule has 0 N–H and O–H groups in total. The number of nitrogens with zero attached hydrogens (tertiary/aromatic N) is 2. The SMILES string of the molecule is O=C(OCC(I)COC(=O)c1ccc([N+](=O)[O-])cc1)c1ccc([N+](=O)[O-])cc1. The van der Waals surface area contributed by atoms with Gasteiger partial charge >= 0.3 is 11.9 Å². The molecule has 0 atom stereocenters. The fourth-order valence-electron chi connectivity index (χ4n) is 1.99. The molecule has 0 aromatic heterocycles. The summed E-state index contributed by atoms with van der Waals surface area (Å²) >= 11 is 1.94. The van der Waals surface area contributed by atoms with Crippen molar-refractivity contribution in [1.82, 2.24) is 0 Å². The van der Waals surface area contributed by atoms with Gasteiger partial charge in [-0.15, -0.1) is 0 Å². The first-order chi connectivity index (χ1) is 13.3. The highest BCUT2D eigenvalue weighted by atomic mass is 127. The van der Waals surface area contributed by atoms with Gasteiger partial charge in [-0.3, -0.25) is 20.2 Å². The Morgan fingerprint density at radius 2 is 1.11 bits per heavy atom. The van der Waals surface area contributed by atoms with Crippen molar-refractivity contribution in [2.45, 2.75) is 3.92 Å². The number of hydrogen-bond donors (Lipinski definition) is 0. The summed E-state index contributed by atoms with van der Waals surface area (Å²) in [5.74, 6) is -1.31. The second-order valence-electron chi connectivity index (χ2n) is 5.40. The Kier molecular flexibility index (Phi) is 7.37. The van der Waals surface area contributed by atoms with Gasteiger partial charge in [0.15, 0.2) is 0 Å². The molecule has 0 unspecified atom stereocenters. The summed E-state index contributed by atoms with van der Waals surface area (Å²) in [4.78, 5) is 43.9. The topological polar surface area (TPSA) is 139 Å². The number of carbonyl (C=O) groups is 2. The number of esters is 2. The predicted molar refractivity (Wildman–Crippen MR) is 105 cm³/mol. The lowest BCUT2D eigenvalue weighted by Crippen LogP contribution is -2.20. The van der Waals surface area contributed by atoms with Gasteiger partial charge in [-0.25, -0.2) is 9.59 Å². The van der Waals surface area contributed by atoms with Crippen molar-refractivity contribution in [3.63, 3.8) is 0 Å². The van der Waals surface area contributed by atoms with Gasteiger partial charge in [0.1, 0.15) is 13.2 Å². The second-order valence-corrected chi connectivity index (χ2v) is 7.16. The summed E-state index contributed by atoms with van der Waals surface area (Å²) in [6.07, 6.45) is 0. The highest BCUT2D eigenvalue weighted by molar-refractivity contribution is 14.1. The van der Waals surface area contributed by atoms with E-state index in [0.717, 1.165) is 0 Å². The fraction of sp³-hybridized carbons (Fsp3) is 0.176. The summed E-state index contributed by atoms with van der Waals surface area (Å²) in [6.45, 7) is -0.0756. The van der Waals surface area contributed by atoms with Gasteiger partial charge in [0.25, 0.3) is 11.4 Å². The first kappa shape index (κ1) is 21.2. The standard InChI is InChI=1S/C17H13IN2O8/c18-13(9-27-16(21)11-1-5-14(6-2-11)19(23)24)10-28-17(22)12-3-7-15(8-4-12)20(25)26/h1-8,13H,9-10H2. The Bertz CT molecular complexity index is 810. The molecular formula is C17H13IN2O8. The number of halogens is 1.